The van der Waals surface area contributed by atoms with E-state index in [4.69, 9.17) is 7.92 Å². The molecule has 0 saturated heterocycles. The third-order valence-electron chi connectivity index (χ3n) is 4.05. The standard InChI is InChI=1S/C18H10N4SSe/c1-3-7-11(8-4-1)13-15-16(20-23-19-15)14(12-9-5-2-6-10-12)18-17(13)21-24-22-18/h1-10H. The van der Waals surface area contributed by atoms with Crippen molar-refractivity contribution >= 4 is 48.7 Å². The van der Waals surface area contributed by atoms with Crippen molar-refractivity contribution in [2.24, 2.45) is 7.92 Å². The maximum atomic E-state index is 4.72. The predicted octanol–water partition coefficient (Wildman–Crippen LogP) is 5.37. The van der Waals surface area contributed by atoms with Gasteiger partial charge in [0.2, 0.25) is 0 Å². The second kappa shape index (κ2) is 5.60. The summed E-state index contributed by atoms with van der Waals surface area (Å²) in [5, 5.41) is 0. The van der Waals surface area contributed by atoms with E-state index in [-0.39, 0.29) is 14.6 Å². The minimum absolute atomic E-state index is 0.113. The molecule has 0 bridgehead atoms. The molecule has 1 aliphatic heterocycles. The van der Waals surface area contributed by atoms with Crippen LogP contribution in [0.4, 0.5) is 11.4 Å². The second-order valence-electron chi connectivity index (χ2n) is 5.40. The van der Waals surface area contributed by atoms with Gasteiger partial charge >= 0.3 is 148 Å². The van der Waals surface area contributed by atoms with Gasteiger partial charge in [-0.15, -0.1) is 0 Å². The zero-order valence-corrected chi connectivity index (χ0v) is 14.9. The van der Waals surface area contributed by atoms with Gasteiger partial charge in [-0.3, -0.25) is 0 Å². The quantitative estimate of drug-likeness (QED) is 0.379. The molecule has 0 spiro atoms. The molecule has 0 N–H and O–H groups in total. The van der Waals surface area contributed by atoms with Crippen molar-refractivity contribution in [2.45, 2.75) is 0 Å². The molecule has 1 aromatic heterocycles. The summed E-state index contributed by atoms with van der Waals surface area (Å²) in [6.45, 7) is 0. The first kappa shape index (κ1) is 14.0. The van der Waals surface area contributed by atoms with Crippen LogP contribution in [0.5, 0.6) is 0 Å². The number of fused-ring (bicyclic) bond motifs is 2. The number of aromatic nitrogens is 2. The van der Waals surface area contributed by atoms with Gasteiger partial charge in [0.1, 0.15) is 0 Å². The average molecular weight is 393 g/mol. The summed E-state index contributed by atoms with van der Waals surface area (Å²) in [6, 6.07) is 20.6. The SMILES string of the molecule is c1ccc(-c2c3c(c(-c4ccccc4)c4nsnc24)N=[Se]=N3)cc1. The summed E-state index contributed by atoms with van der Waals surface area (Å²) < 4.78 is 18.6. The molecule has 24 heavy (non-hydrogen) atoms. The first-order chi connectivity index (χ1) is 11.9. The van der Waals surface area contributed by atoms with Gasteiger partial charge in [-0.25, -0.2) is 0 Å². The Hall–Kier alpha value is -2.40. The van der Waals surface area contributed by atoms with Gasteiger partial charge in [0.05, 0.1) is 0 Å². The van der Waals surface area contributed by atoms with E-state index in [1.54, 1.807) is 0 Å². The Labute approximate surface area is 148 Å². The minimum atomic E-state index is -0.113. The molecule has 1 aliphatic rings. The van der Waals surface area contributed by atoms with Crippen molar-refractivity contribution in [3.63, 3.8) is 0 Å². The predicted molar refractivity (Wildman–Crippen MR) is 98.2 cm³/mol. The van der Waals surface area contributed by atoms with Crippen LogP contribution in [0, 0.1) is 0 Å². The van der Waals surface area contributed by atoms with E-state index in [9.17, 15) is 0 Å². The number of nitrogens with zero attached hydrogens (tertiary/aromatic N) is 4. The molecule has 0 amide bonds. The van der Waals surface area contributed by atoms with E-state index in [2.05, 4.69) is 33.0 Å². The Balaban J connectivity index is 1.93. The number of rotatable bonds is 2. The number of hydrogen-bond donors (Lipinski definition) is 0. The number of benzene rings is 3. The Morgan fingerprint density at radius 2 is 1.08 bits per heavy atom. The van der Waals surface area contributed by atoms with Crippen LogP contribution in [-0.2, 0) is 0 Å². The fourth-order valence-corrected chi connectivity index (χ4v) is 4.75. The average Bonchev–Trinajstić information content (AvgIpc) is 3.30. The Kier molecular flexibility index (Phi) is 3.26. The fourth-order valence-electron chi connectivity index (χ4n) is 3.01. The third kappa shape index (κ3) is 2.04. The van der Waals surface area contributed by atoms with Crippen molar-refractivity contribution < 1.29 is 0 Å². The molecule has 0 saturated carbocycles. The summed E-state index contributed by atoms with van der Waals surface area (Å²) >= 11 is 1.13. The summed E-state index contributed by atoms with van der Waals surface area (Å²) in [4.78, 5) is 0. The van der Waals surface area contributed by atoms with Crippen molar-refractivity contribution in [3.05, 3.63) is 60.7 Å². The Bertz CT molecular complexity index is 1040. The Morgan fingerprint density at radius 1 is 0.625 bits per heavy atom. The monoisotopic (exact) mass is 394 g/mol. The van der Waals surface area contributed by atoms with Crippen LogP contribution in [-0.4, -0.2) is 23.3 Å². The molecule has 4 nitrogen and oxygen atoms in total. The zero-order chi connectivity index (χ0) is 15.9. The van der Waals surface area contributed by atoms with Crippen LogP contribution < -0.4 is 0 Å². The molecule has 0 atom stereocenters. The molecule has 2 heterocycles. The molecule has 6 heteroatoms. The van der Waals surface area contributed by atoms with E-state index >= 15 is 0 Å². The molecule has 0 fully saturated rings. The third-order valence-corrected chi connectivity index (χ3v) is 5.69. The van der Waals surface area contributed by atoms with Crippen LogP contribution in [0.25, 0.3) is 33.3 Å². The van der Waals surface area contributed by atoms with Crippen LogP contribution in [0.1, 0.15) is 0 Å². The van der Waals surface area contributed by atoms with Gasteiger partial charge < -0.3 is 0 Å². The Morgan fingerprint density at radius 3 is 1.54 bits per heavy atom. The molecule has 114 valence electrons. The molecule has 0 unspecified atom stereocenters. The van der Waals surface area contributed by atoms with Gasteiger partial charge in [0.15, 0.2) is 0 Å². The van der Waals surface area contributed by atoms with E-state index in [1.807, 2.05) is 36.4 Å². The van der Waals surface area contributed by atoms with Crippen molar-refractivity contribution in [1.29, 1.82) is 0 Å². The molecular formula is C18H10N4SSe. The topological polar surface area (TPSA) is 50.5 Å². The van der Waals surface area contributed by atoms with Crippen LogP contribution in [0.15, 0.2) is 68.6 Å². The van der Waals surface area contributed by atoms with Gasteiger partial charge in [0, 0.05) is 0 Å². The first-order valence-electron chi connectivity index (χ1n) is 7.45. The van der Waals surface area contributed by atoms with Crippen LogP contribution in [0.3, 0.4) is 0 Å². The van der Waals surface area contributed by atoms with E-state index in [0.29, 0.717) is 0 Å². The van der Waals surface area contributed by atoms with Crippen molar-refractivity contribution in [3.8, 4) is 22.3 Å². The summed E-state index contributed by atoms with van der Waals surface area (Å²) in [6.07, 6.45) is 0. The van der Waals surface area contributed by atoms with Crippen LogP contribution >= 0.6 is 11.7 Å². The zero-order valence-electron chi connectivity index (χ0n) is 12.4. The summed E-state index contributed by atoms with van der Waals surface area (Å²) in [5.74, 6) is 0. The maximum absolute atomic E-state index is 4.72. The van der Waals surface area contributed by atoms with Gasteiger partial charge in [0.25, 0.3) is 0 Å². The molecular weight excluding hydrogens is 383 g/mol. The second-order valence-corrected chi connectivity index (χ2v) is 7.04. The molecule has 0 aliphatic carbocycles. The summed E-state index contributed by atoms with van der Waals surface area (Å²) in [7, 11) is 0. The summed E-state index contributed by atoms with van der Waals surface area (Å²) in [5.41, 5.74) is 8.08. The van der Waals surface area contributed by atoms with E-state index in [0.717, 1.165) is 44.7 Å². The van der Waals surface area contributed by atoms with Crippen LogP contribution in [0.2, 0.25) is 0 Å². The van der Waals surface area contributed by atoms with Gasteiger partial charge in [-0.2, -0.15) is 0 Å². The molecule has 4 aromatic rings. The first-order valence-corrected chi connectivity index (χ1v) is 9.71. The molecule has 5 rings (SSSR count). The normalized spacial score (nSPS) is 12.3. The van der Waals surface area contributed by atoms with E-state index < -0.39 is 0 Å². The fraction of sp³-hybridized carbons (Fsp3) is 0. The van der Waals surface area contributed by atoms with Crippen molar-refractivity contribution in [1.82, 2.24) is 8.75 Å². The van der Waals surface area contributed by atoms with Gasteiger partial charge in [-0.1, -0.05) is 0 Å². The molecule has 0 radical (unpaired) electrons. The number of hydrogen-bond acceptors (Lipinski definition) is 5. The van der Waals surface area contributed by atoms with E-state index in [1.165, 1.54) is 11.7 Å². The molecule has 3 aromatic carbocycles. The van der Waals surface area contributed by atoms with Crippen molar-refractivity contribution in [2.75, 3.05) is 0 Å². The van der Waals surface area contributed by atoms with Gasteiger partial charge in [-0.05, 0) is 0 Å².